The molecule has 0 saturated carbocycles. The molecule has 1 aromatic carbocycles. The lowest BCUT2D eigenvalue weighted by atomic mass is 9.86. The third-order valence-electron chi connectivity index (χ3n) is 5.31. The molecule has 0 heterocycles. The molecule has 2 amide bonds. The zero-order valence-corrected chi connectivity index (χ0v) is 23.8. The highest BCUT2D eigenvalue weighted by Gasteiger charge is 2.29. The summed E-state index contributed by atoms with van der Waals surface area (Å²) in [5, 5.41) is 8.32. The number of unbranched alkanes of at least 4 members (excludes halogenated alkanes) is 1. The first kappa shape index (κ1) is 32.9. The van der Waals surface area contributed by atoms with E-state index in [-0.39, 0.29) is 24.3 Å². The van der Waals surface area contributed by atoms with Crippen molar-refractivity contribution in [3.05, 3.63) is 35.9 Å². The van der Waals surface area contributed by atoms with Gasteiger partial charge in [0.1, 0.15) is 18.2 Å². The lowest BCUT2D eigenvalue weighted by molar-refractivity contribution is -0.143. The quantitative estimate of drug-likeness (QED) is 0.184. The highest BCUT2D eigenvalue weighted by atomic mass is 16.6. The van der Waals surface area contributed by atoms with E-state index in [9.17, 15) is 19.2 Å². The Bertz CT molecular complexity index is 892. The highest BCUT2D eigenvalue weighted by molar-refractivity contribution is 5.89. The van der Waals surface area contributed by atoms with Crippen LogP contribution in [0, 0.1) is 5.41 Å². The molecule has 10 heteroatoms. The van der Waals surface area contributed by atoms with E-state index in [1.54, 1.807) is 20.8 Å². The van der Waals surface area contributed by atoms with Crippen molar-refractivity contribution >= 4 is 23.9 Å². The smallest absolute Gasteiger partial charge is 0.408 e. The Morgan fingerprint density at radius 3 is 2.13 bits per heavy atom. The molecule has 0 aliphatic carbocycles. The van der Waals surface area contributed by atoms with Gasteiger partial charge in [0.2, 0.25) is 0 Å². The van der Waals surface area contributed by atoms with Gasteiger partial charge in [0, 0.05) is 6.54 Å². The minimum atomic E-state index is -0.776. The van der Waals surface area contributed by atoms with Gasteiger partial charge in [-0.05, 0) is 57.4 Å². The van der Waals surface area contributed by atoms with Crippen LogP contribution in [0.5, 0.6) is 0 Å². The molecule has 1 aromatic rings. The second-order valence-electron chi connectivity index (χ2n) is 11.4. The number of amides is 2. The summed E-state index contributed by atoms with van der Waals surface area (Å²) in [5.41, 5.74) is -0.0248. The van der Waals surface area contributed by atoms with Crippen LogP contribution in [0.2, 0.25) is 0 Å². The number of benzene rings is 1. The number of hydrogen-bond donors (Lipinski definition) is 3. The number of Topliss-reactive ketones (excluding diaryl/α,β-unsaturated/α-hetero) is 1. The monoisotopic (exact) mass is 535 g/mol. The number of esters is 1. The molecule has 0 spiro atoms. The Hall–Kier alpha value is -3.14. The van der Waals surface area contributed by atoms with Crippen LogP contribution in [0.15, 0.2) is 30.3 Å². The molecular weight excluding hydrogens is 490 g/mol. The van der Waals surface area contributed by atoms with Crippen LogP contribution >= 0.6 is 0 Å². The van der Waals surface area contributed by atoms with E-state index < -0.39 is 35.8 Å². The molecule has 0 aliphatic heterocycles. The zero-order chi connectivity index (χ0) is 28.8. The summed E-state index contributed by atoms with van der Waals surface area (Å²) < 4.78 is 15.4. The van der Waals surface area contributed by atoms with E-state index >= 15 is 0 Å². The average molecular weight is 536 g/mol. The minimum Gasteiger partial charge on any atom is -0.468 e. The Balaban J connectivity index is 2.52. The molecule has 1 rings (SSSR count). The number of carbonyl (C=O) groups is 4. The van der Waals surface area contributed by atoms with E-state index in [1.807, 2.05) is 51.1 Å². The molecule has 0 unspecified atom stereocenters. The lowest BCUT2D eigenvalue weighted by Crippen LogP contribution is -2.50. The van der Waals surface area contributed by atoms with Gasteiger partial charge >= 0.3 is 18.2 Å². The molecule has 214 valence electrons. The van der Waals surface area contributed by atoms with Gasteiger partial charge in [-0.25, -0.2) is 9.59 Å². The van der Waals surface area contributed by atoms with Crippen molar-refractivity contribution in [1.29, 1.82) is 0 Å². The van der Waals surface area contributed by atoms with Crippen molar-refractivity contribution in [3.8, 4) is 0 Å². The van der Waals surface area contributed by atoms with Crippen LogP contribution in [0.1, 0.15) is 72.8 Å². The zero-order valence-electron chi connectivity index (χ0n) is 23.8. The Morgan fingerprint density at radius 2 is 1.55 bits per heavy atom. The molecule has 0 radical (unpaired) electrons. The van der Waals surface area contributed by atoms with Crippen LogP contribution in [-0.2, 0) is 30.4 Å². The minimum absolute atomic E-state index is 0.125. The SMILES string of the molecule is COC(=O)[C@H](CCCCNC(=O)OCc1ccccc1)NCC(=O)[C@@H](CC(C)(C)C)NC(=O)OC(C)(C)C. The molecular formula is C28H45N3O7. The summed E-state index contributed by atoms with van der Waals surface area (Å²) in [7, 11) is 1.29. The topological polar surface area (TPSA) is 132 Å². The fourth-order valence-electron chi connectivity index (χ4n) is 3.54. The van der Waals surface area contributed by atoms with Gasteiger partial charge in [-0.15, -0.1) is 0 Å². The molecule has 0 bridgehead atoms. The maximum atomic E-state index is 13.0. The Morgan fingerprint density at radius 1 is 0.895 bits per heavy atom. The highest BCUT2D eigenvalue weighted by Crippen LogP contribution is 2.21. The standard InChI is InChI=1S/C28H45N3O7/c1-27(2,3)17-22(31-26(35)38-28(4,5)6)23(32)18-30-21(24(33)36-7)15-11-12-16-29-25(34)37-19-20-13-9-8-10-14-20/h8-10,13-14,21-22,30H,11-12,15-19H2,1-7H3,(H,29,34)(H,31,35)/t21-,22+/m0/s1. The van der Waals surface area contributed by atoms with Gasteiger partial charge in [0.25, 0.3) is 0 Å². The Kier molecular flexibility index (Phi) is 13.8. The van der Waals surface area contributed by atoms with Crippen molar-refractivity contribution < 1.29 is 33.4 Å². The second-order valence-corrected chi connectivity index (χ2v) is 11.4. The van der Waals surface area contributed by atoms with Gasteiger partial charge in [0.15, 0.2) is 5.78 Å². The van der Waals surface area contributed by atoms with Gasteiger partial charge in [-0.2, -0.15) is 0 Å². The first-order valence-electron chi connectivity index (χ1n) is 13.0. The number of methoxy groups -OCH3 is 1. The van der Waals surface area contributed by atoms with E-state index in [2.05, 4.69) is 16.0 Å². The number of ether oxygens (including phenoxy) is 3. The van der Waals surface area contributed by atoms with E-state index in [1.165, 1.54) is 7.11 Å². The first-order chi connectivity index (χ1) is 17.7. The second kappa shape index (κ2) is 16.0. The van der Waals surface area contributed by atoms with Crippen LogP contribution in [-0.4, -0.2) is 61.8 Å². The summed E-state index contributed by atoms with van der Waals surface area (Å²) in [4.78, 5) is 49.4. The van der Waals surface area contributed by atoms with Crippen LogP contribution in [0.25, 0.3) is 0 Å². The third-order valence-corrected chi connectivity index (χ3v) is 5.31. The number of carbonyl (C=O) groups excluding carboxylic acids is 4. The number of rotatable bonds is 14. The fraction of sp³-hybridized carbons (Fsp3) is 0.643. The van der Waals surface area contributed by atoms with Crippen molar-refractivity contribution in [3.63, 3.8) is 0 Å². The fourth-order valence-corrected chi connectivity index (χ4v) is 3.54. The van der Waals surface area contributed by atoms with E-state index in [0.29, 0.717) is 32.2 Å². The summed E-state index contributed by atoms with van der Waals surface area (Å²) in [6.07, 6.45) is 0.841. The molecule has 0 saturated heterocycles. The predicted molar refractivity (Wildman–Crippen MR) is 145 cm³/mol. The summed E-state index contributed by atoms with van der Waals surface area (Å²) in [6.45, 7) is 11.6. The number of alkyl carbamates (subject to hydrolysis) is 2. The van der Waals surface area contributed by atoms with Crippen LogP contribution in [0.3, 0.4) is 0 Å². The molecule has 0 fully saturated rings. The van der Waals surface area contributed by atoms with Crippen LogP contribution in [0.4, 0.5) is 9.59 Å². The summed E-state index contributed by atoms with van der Waals surface area (Å²) >= 11 is 0. The maximum Gasteiger partial charge on any atom is 0.408 e. The summed E-state index contributed by atoms with van der Waals surface area (Å²) in [5.74, 6) is -0.747. The Labute approximate surface area is 226 Å². The molecule has 38 heavy (non-hydrogen) atoms. The first-order valence-corrected chi connectivity index (χ1v) is 13.0. The average Bonchev–Trinajstić information content (AvgIpc) is 2.81. The van der Waals surface area contributed by atoms with Crippen molar-refractivity contribution in [2.75, 3.05) is 20.2 Å². The maximum absolute atomic E-state index is 13.0. The largest absolute Gasteiger partial charge is 0.468 e. The number of hydrogen-bond acceptors (Lipinski definition) is 8. The van der Waals surface area contributed by atoms with Gasteiger partial charge in [-0.3, -0.25) is 14.9 Å². The van der Waals surface area contributed by atoms with Crippen molar-refractivity contribution in [2.45, 2.75) is 91.5 Å². The molecule has 0 aliphatic rings. The lowest BCUT2D eigenvalue weighted by Gasteiger charge is -2.28. The molecule has 10 nitrogen and oxygen atoms in total. The van der Waals surface area contributed by atoms with Crippen LogP contribution < -0.4 is 16.0 Å². The summed E-state index contributed by atoms with van der Waals surface area (Å²) in [6, 6.07) is 7.90. The van der Waals surface area contributed by atoms with E-state index in [4.69, 9.17) is 14.2 Å². The van der Waals surface area contributed by atoms with Gasteiger partial charge in [-0.1, -0.05) is 51.1 Å². The van der Waals surface area contributed by atoms with E-state index in [0.717, 1.165) is 5.56 Å². The number of ketones is 1. The van der Waals surface area contributed by atoms with Crippen molar-refractivity contribution in [2.24, 2.45) is 5.41 Å². The molecule has 3 N–H and O–H groups in total. The number of nitrogens with one attached hydrogen (secondary N) is 3. The normalized spacial score (nSPS) is 13.1. The van der Waals surface area contributed by atoms with Crippen molar-refractivity contribution in [1.82, 2.24) is 16.0 Å². The molecule has 0 aromatic heterocycles. The predicted octanol–water partition coefficient (Wildman–Crippen LogP) is 4.11. The van der Waals surface area contributed by atoms with Gasteiger partial charge < -0.3 is 24.8 Å². The van der Waals surface area contributed by atoms with Gasteiger partial charge in [0.05, 0.1) is 19.7 Å². The molecule has 2 atom stereocenters. The third kappa shape index (κ3) is 15.2.